The summed E-state index contributed by atoms with van der Waals surface area (Å²) in [5, 5.41) is 11.7. The first-order valence-electron chi connectivity index (χ1n) is 5.92. The summed E-state index contributed by atoms with van der Waals surface area (Å²) in [6.07, 6.45) is 0. The normalized spacial score (nSPS) is 10.9. The molecular weight excluding hydrogens is 244 g/mol. The van der Waals surface area contributed by atoms with E-state index in [4.69, 9.17) is 0 Å². The van der Waals surface area contributed by atoms with Gasteiger partial charge in [-0.2, -0.15) is 0 Å². The van der Waals surface area contributed by atoms with Crippen LogP contribution in [0.15, 0.2) is 29.6 Å². The number of ketones is 1. The Kier molecular flexibility index (Phi) is 3.53. The molecule has 0 unspecified atom stereocenters. The Hall–Kier alpha value is -1.61. The number of thiophene rings is 1. The predicted octanol–water partition coefficient (Wildman–Crippen LogP) is 4.12. The van der Waals surface area contributed by atoms with Crippen LogP contribution in [0, 0.1) is 6.92 Å². The van der Waals surface area contributed by atoms with E-state index in [0.717, 1.165) is 11.1 Å². The molecule has 0 spiro atoms. The minimum absolute atomic E-state index is 0.0102. The smallest absolute Gasteiger partial charge is 0.203 e. The predicted molar refractivity (Wildman–Crippen MR) is 74.7 cm³/mol. The molecular formula is C15H16O2S. The molecule has 0 aliphatic rings. The van der Waals surface area contributed by atoms with Crippen molar-refractivity contribution in [3.63, 3.8) is 0 Å². The van der Waals surface area contributed by atoms with Crippen molar-refractivity contribution >= 4 is 17.1 Å². The Morgan fingerprint density at radius 1 is 1.33 bits per heavy atom. The number of phenolic OH excluding ortho intramolecular Hbond substituents is 1. The Morgan fingerprint density at radius 2 is 2.06 bits per heavy atom. The lowest BCUT2D eigenvalue weighted by Gasteiger charge is -2.13. The van der Waals surface area contributed by atoms with E-state index >= 15 is 0 Å². The second-order valence-electron chi connectivity index (χ2n) is 4.69. The first-order chi connectivity index (χ1) is 8.50. The molecule has 0 atom stereocenters. The molecule has 3 heteroatoms. The fourth-order valence-electron chi connectivity index (χ4n) is 1.93. The van der Waals surface area contributed by atoms with Crippen LogP contribution < -0.4 is 0 Å². The molecule has 1 aromatic heterocycles. The maximum atomic E-state index is 12.4. The van der Waals surface area contributed by atoms with Gasteiger partial charge in [0, 0.05) is 5.56 Å². The fraction of sp³-hybridized carbons (Fsp3) is 0.267. The van der Waals surface area contributed by atoms with E-state index in [9.17, 15) is 9.90 Å². The molecule has 2 aromatic rings. The molecule has 0 fully saturated rings. The summed E-state index contributed by atoms with van der Waals surface area (Å²) in [6, 6.07) is 7.17. The van der Waals surface area contributed by atoms with Gasteiger partial charge in [0.25, 0.3) is 0 Å². The second kappa shape index (κ2) is 4.94. The van der Waals surface area contributed by atoms with Gasteiger partial charge in [-0.05, 0) is 41.5 Å². The summed E-state index contributed by atoms with van der Waals surface area (Å²) in [4.78, 5) is 13.1. The highest BCUT2D eigenvalue weighted by atomic mass is 32.1. The van der Waals surface area contributed by atoms with E-state index in [1.165, 1.54) is 11.3 Å². The van der Waals surface area contributed by atoms with Crippen molar-refractivity contribution in [2.45, 2.75) is 26.7 Å². The van der Waals surface area contributed by atoms with Crippen molar-refractivity contribution in [3.8, 4) is 5.75 Å². The lowest BCUT2D eigenvalue weighted by atomic mass is 9.92. The SMILES string of the molecule is Cc1cc(C(C)C)c(C(=O)c2cccs2)cc1O. The zero-order valence-electron chi connectivity index (χ0n) is 10.7. The maximum Gasteiger partial charge on any atom is 0.203 e. The minimum Gasteiger partial charge on any atom is -0.508 e. The van der Waals surface area contributed by atoms with Crippen LogP contribution in [-0.2, 0) is 0 Å². The van der Waals surface area contributed by atoms with Crippen molar-refractivity contribution < 1.29 is 9.90 Å². The molecule has 0 radical (unpaired) electrons. The van der Waals surface area contributed by atoms with Gasteiger partial charge in [0.05, 0.1) is 4.88 Å². The van der Waals surface area contributed by atoms with E-state index in [1.807, 2.05) is 30.5 Å². The zero-order valence-corrected chi connectivity index (χ0v) is 11.5. The Bertz CT molecular complexity index is 568. The van der Waals surface area contributed by atoms with Gasteiger partial charge in [-0.3, -0.25) is 4.79 Å². The molecule has 18 heavy (non-hydrogen) atoms. The number of rotatable bonds is 3. The van der Waals surface area contributed by atoms with E-state index in [2.05, 4.69) is 13.8 Å². The molecule has 2 rings (SSSR count). The first-order valence-corrected chi connectivity index (χ1v) is 6.80. The van der Waals surface area contributed by atoms with Crippen molar-refractivity contribution in [2.75, 3.05) is 0 Å². The molecule has 1 heterocycles. The van der Waals surface area contributed by atoms with Gasteiger partial charge in [0.2, 0.25) is 5.78 Å². The van der Waals surface area contributed by atoms with Crippen molar-refractivity contribution in [1.82, 2.24) is 0 Å². The molecule has 0 bridgehead atoms. The molecule has 0 amide bonds. The van der Waals surface area contributed by atoms with E-state index in [0.29, 0.717) is 10.4 Å². The third kappa shape index (κ3) is 2.31. The van der Waals surface area contributed by atoms with Crippen LogP contribution in [0.2, 0.25) is 0 Å². The molecule has 1 aromatic carbocycles. The van der Waals surface area contributed by atoms with Gasteiger partial charge in [-0.1, -0.05) is 26.0 Å². The van der Waals surface area contributed by atoms with Crippen LogP contribution in [-0.4, -0.2) is 10.9 Å². The summed E-state index contributed by atoms with van der Waals surface area (Å²) in [5.41, 5.74) is 2.40. The minimum atomic E-state index is -0.0102. The van der Waals surface area contributed by atoms with Crippen molar-refractivity contribution in [1.29, 1.82) is 0 Å². The number of hydrogen-bond donors (Lipinski definition) is 1. The standard InChI is InChI=1S/C15H16O2S/c1-9(2)11-7-10(3)13(16)8-12(11)15(17)14-5-4-6-18-14/h4-9,16H,1-3H3. The van der Waals surface area contributed by atoms with Crippen LogP contribution in [0.3, 0.4) is 0 Å². The number of hydrogen-bond acceptors (Lipinski definition) is 3. The van der Waals surface area contributed by atoms with Crippen molar-refractivity contribution in [2.24, 2.45) is 0 Å². The average Bonchev–Trinajstić information content (AvgIpc) is 2.84. The molecule has 94 valence electrons. The Balaban J connectivity index is 2.56. The molecule has 0 aliphatic heterocycles. The maximum absolute atomic E-state index is 12.4. The molecule has 0 saturated heterocycles. The average molecular weight is 260 g/mol. The van der Waals surface area contributed by atoms with Gasteiger partial charge in [-0.15, -0.1) is 11.3 Å². The van der Waals surface area contributed by atoms with Gasteiger partial charge in [0.1, 0.15) is 5.75 Å². The second-order valence-corrected chi connectivity index (χ2v) is 5.63. The highest BCUT2D eigenvalue weighted by molar-refractivity contribution is 7.12. The number of aryl methyl sites for hydroxylation is 1. The van der Waals surface area contributed by atoms with Crippen LogP contribution in [0.5, 0.6) is 5.75 Å². The number of carbonyl (C=O) groups is 1. The first kappa shape index (κ1) is 12.8. The summed E-state index contributed by atoms with van der Waals surface area (Å²) in [6.45, 7) is 5.95. The summed E-state index contributed by atoms with van der Waals surface area (Å²) < 4.78 is 0. The van der Waals surface area contributed by atoms with Crippen LogP contribution in [0.25, 0.3) is 0 Å². The third-order valence-electron chi connectivity index (χ3n) is 2.98. The van der Waals surface area contributed by atoms with Gasteiger partial charge in [0.15, 0.2) is 0 Å². The fourth-order valence-corrected chi connectivity index (χ4v) is 2.61. The highest BCUT2D eigenvalue weighted by Gasteiger charge is 2.18. The lowest BCUT2D eigenvalue weighted by molar-refractivity contribution is 0.104. The largest absolute Gasteiger partial charge is 0.508 e. The van der Waals surface area contributed by atoms with E-state index < -0.39 is 0 Å². The van der Waals surface area contributed by atoms with Crippen LogP contribution >= 0.6 is 11.3 Å². The van der Waals surface area contributed by atoms with Gasteiger partial charge < -0.3 is 5.11 Å². The van der Waals surface area contributed by atoms with Crippen LogP contribution in [0.1, 0.15) is 46.1 Å². The summed E-state index contributed by atoms with van der Waals surface area (Å²) in [7, 11) is 0. The van der Waals surface area contributed by atoms with E-state index in [1.54, 1.807) is 6.07 Å². The topological polar surface area (TPSA) is 37.3 Å². The summed E-state index contributed by atoms with van der Waals surface area (Å²) >= 11 is 1.43. The van der Waals surface area contributed by atoms with Gasteiger partial charge in [-0.25, -0.2) is 0 Å². The monoisotopic (exact) mass is 260 g/mol. The lowest BCUT2D eigenvalue weighted by Crippen LogP contribution is -2.05. The zero-order chi connectivity index (χ0) is 13.3. The Labute approximate surface area is 111 Å². The van der Waals surface area contributed by atoms with Gasteiger partial charge >= 0.3 is 0 Å². The summed E-state index contributed by atoms with van der Waals surface area (Å²) in [5.74, 6) is 0.423. The number of benzene rings is 1. The number of phenols is 1. The quantitative estimate of drug-likeness (QED) is 0.843. The molecule has 1 N–H and O–H groups in total. The highest BCUT2D eigenvalue weighted by Crippen LogP contribution is 2.29. The third-order valence-corrected chi connectivity index (χ3v) is 3.85. The molecule has 0 saturated carbocycles. The van der Waals surface area contributed by atoms with Crippen molar-refractivity contribution in [3.05, 3.63) is 51.2 Å². The molecule has 0 aliphatic carbocycles. The number of carbonyl (C=O) groups excluding carboxylic acids is 1. The van der Waals surface area contributed by atoms with E-state index in [-0.39, 0.29) is 17.5 Å². The molecule has 2 nitrogen and oxygen atoms in total. The number of aromatic hydroxyl groups is 1. The van der Waals surface area contributed by atoms with Crippen LogP contribution in [0.4, 0.5) is 0 Å². The Morgan fingerprint density at radius 3 is 2.61 bits per heavy atom.